The molecule has 1 atom stereocenters. The van der Waals surface area contributed by atoms with Gasteiger partial charge in [-0.25, -0.2) is 10.3 Å². The minimum Gasteiger partial charge on any atom is -0.378 e. The minimum atomic E-state index is -0.578. The highest BCUT2D eigenvalue weighted by Crippen LogP contribution is 2.25. The Morgan fingerprint density at radius 3 is 2.29 bits per heavy atom. The molecule has 1 fully saturated rings. The zero-order valence-electron chi connectivity index (χ0n) is 13.7. The van der Waals surface area contributed by atoms with Crippen molar-refractivity contribution in [3.8, 4) is 0 Å². The van der Waals surface area contributed by atoms with Crippen LogP contribution in [-0.2, 0) is 9.59 Å². The average molecular weight is 324 g/mol. The maximum absolute atomic E-state index is 12.5. The van der Waals surface area contributed by atoms with Gasteiger partial charge in [0.05, 0.1) is 12.1 Å². The van der Waals surface area contributed by atoms with Gasteiger partial charge in [0.15, 0.2) is 0 Å². The van der Waals surface area contributed by atoms with E-state index < -0.39 is 6.04 Å². The molecule has 124 valence electrons. The monoisotopic (exact) mass is 324 g/mol. The molecule has 2 aromatic rings. The highest BCUT2D eigenvalue weighted by Gasteiger charge is 2.39. The Kier molecular flexibility index (Phi) is 4.48. The first-order valence-corrected chi connectivity index (χ1v) is 7.77. The Morgan fingerprint density at radius 2 is 1.67 bits per heavy atom. The number of carbonyl (C=O) groups excluding carboxylic acids is 2. The number of imide groups is 1. The van der Waals surface area contributed by atoms with E-state index in [2.05, 4.69) is 10.9 Å². The first-order chi connectivity index (χ1) is 11.6. The van der Waals surface area contributed by atoms with E-state index in [1.807, 2.05) is 61.5 Å². The molecule has 0 bridgehead atoms. The highest BCUT2D eigenvalue weighted by atomic mass is 16.2. The predicted octanol–water partition coefficient (Wildman–Crippen LogP) is 2.00. The molecule has 3 rings (SSSR count). The molecule has 0 radical (unpaired) electrons. The molecule has 6 nitrogen and oxygen atoms in total. The lowest BCUT2D eigenvalue weighted by atomic mass is 10.2. The molecular formula is C18H20N4O2. The molecule has 2 aromatic carbocycles. The number of nitrogens with one attached hydrogen (secondary N) is 2. The van der Waals surface area contributed by atoms with E-state index in [0.29, 0.717) is 5.69 Å². The number of hydrogen-bond donors (Lipinski definition) is 2. The largest absolute Gasteiger partial charge is 0.378 e. The van der Waals surface area contributed by atoms with Crippen LogP contribution in [0.5, 0.6) is 0 Å². The molecule has 1 saturated heterocycles. The number of nitrogens with zero attached hydrogens (tertiary/aromatic N) is 2. The average Bonchev–Trinajstić information content (AvgIpc) is 2.88. The molecule has 0 saturated carbocycles. The summed E-state index contributed by atoms with van der Waals surface area (Å²) < 4.78 is 0. The quantitative estimate of drug-likeness (QED) is 0.650. The number of hydrogen-bond acceptors (Lipinski definition) is 5. The zero-order chi connectivity index (χ0) is 17.1. The summed E-state index contributed by atoms with van der Waals surface area (Å²) in [5.41, 5.74) is 8.36. The normalized spacial score (nSPS) is 17.2. The second kappa shape index (κ2) is 6.72. The van der Waals surface area contributed by atoms with Gasteiger partial charge in [-0.15, -0.1) is 0 Å². The molecule has 2 amide bonds. The van der Waals surface area contributed by atoms with Crippen LogP contribution in [0.2, 0.25) is 0 Å². The highest BCUT2D eigenvalue weighted by molar-refractivity contribution is 6.22. The number of para-hydroxylation sites is 1. The molecule has 1 heterocycles. The van der Waals surface area contributed by atoms with Crippen molar-refractivity contribution in [3.63, 3.8) is 0 Å². The minimum absolute atomic E-state index is 0.133. The number of amides is 2. The summed E-state index contributed by atoms with van der Waals surface area (Å²) in [6, 6.07) is 16.2. The van der Waals surface area contributed by atoms with E-state index in [0.717, 1.165) is 11.4 Å². The lowest BCUT2D eigenvalue weighted by Gasteiger charge is -2.18. The number of anilines is 3. The fourth-order valence-electron chi connectivity index (χ4n) is 2.61. The van der Waals surface area contributed by atoms with Crippen LogP contribution in [-0.4, -0.2) is 32.0 Å². The van der Waals surface area contributed by atoms with Gasteiger partial charge in [0.25, 0.3) is 5.91 Å². The van der Waals surface area contributed by atoms with Crippen molar-refractivity contribution in [2.45, 2.75) is 12.5 Å². The SMILES string of the molecule is CN(C)c1ccc(N2C(=O)C[C@H](NNc3ccccc3)C2=O)cc1. The van der Waals surface area contributed by atoms with E-state index in [4.69, 9.17) is 0 Å². The fraction of sp³-hybridized carbons (Fsp3) is 0.222. The van der Waals surface area contributed by atoms with E-state index in [1.165, 1.54) is 4.90 Å². The van der Waals surface area contributed by atoms with Crippen LogP contribution < -0.4 is 20.7 Å². The van der Waals surface area contributed by atoms with Crippen molar-refractivity contribution >= 4 is 28.9 Å². The molecule has 24 heavy (non-hydrogen) atoms. The van der Waals surface area contributed by atoms with Crippen LogP contribution >= 0.6 is 0 Å². The summed E-state index contributed by atoms with van der Waals surface area (Å²) in [7, 11) is 3.88. The zero-order valence-corrected chi connectivity index (χ0v) is 13.7. The van der Waals surface area contributed by atoms with Crippen LogP contribution in [0.3, 0.4) is 0 Å². The number of hydrazine groups is 1. The van der Waals surface area contributed by atoms with E-state index in [-0.39, 0.29) is 18.2 Å². The fourth-order valence-corrected chi connectivity index (χ4v) is 2.61. The van der Waals surface area contributed by atoms with Crippen LogP contribution in [0, 0.1) is 0 Å². The van der Waals surface area contributed by atoms with Gasteiger partial charge in [0.1, 0.15) is 6.04 Å². The third kappa shape index (κ3) is 3.23. The Bertz CT molecular complexity index is 728. The van der Waals surface area contributed by atoms with E-state index in [1.54, 1.807) is 12.1 Å². The lowest BCUT2D eigenvalue weighted by molar-refractivity contribution is -0.121. The Labute approximate surface area is 141 Å². The summed E-state index contributed by atoms with van der Waals surface area (Å²) in [6.07, 6.45) is 0.133. The van der Waals surface area contributed by atoms with E-state index >= 15 is 0 Å². The summed E-state index contributed by atoms with van der Waals surface area (Å²) in [4.78, 5) is 28.0. The Hall–Kier alpha value is -2.86. The van der Waals surface area contributed by atoms with Crippen LogP contribution in [0.25, 0.3) is 0 Å². The van der Waals surface area contributed by atoms with Crippen LogP contribution in [0.4, 0.5) is 17.1 Å². The maximum Gasteiger partial charge on any atom is 0.253 e. The van der Waals surface area contributed by atoms with Crippen molar-refractivity contribution in [2.75, 3.05) is 29.3 Å². The van der Waals surface area contributed by atoms with Gasteiger partial charge in [-0.3, -0.25) is 9.59 Å². The van der Waals surface area contributed by atoms with E-state index in [9.17, 15) is 9.59 Å². The van der Waals surface area contributed by atoms with Gasteiger partial charge >= 0.3 is 0 Å². The molecule has 0 aliphatic carbocycles. The number of benzene rings is 2. The Balaban J connectivity index is 1.69. The van der Waals surface area contributed by atoms with Gasteiger partial charge in [0.2, 0.25) is 5.91 Å². The van der Waals surface area contributed by atoms with Gasteiger partial charge in [-0.1, -0.05) is 18.2 Å². The smallest absolute Gasteiger partial charge is 0.253 e. The molecule has 1 aliphatic rings. The molecule has 6 heteroatoms. The topological polar surface area (TPSA) is 64.7 Å². The lowest BCUT2D eigenvalue weighted by Crippen LogP contribution is -2.41. The van der Waals surface area contributed by atoms with Crippen LogP contribution in [0.15, 0.2) is 54.6 Å². The molecular weight excluding hydrogens is 304 g/mol. The molecule has 2 N–H and O–H groups in total. The molecule has 0 aromatic heterocycles. The summed E-state index contributed by atoms with van der Waals surface area (Å²) >= 11 is 0. The second-order valence-corrected chi connectivity index (χ2v) is 5.87. The second-order valence-electron chi connectivity index (χ2n) is 5.87. The van der Waals surface area contributed by atoms with Crippen LogP contribution in [0.1, 0.15) is 6.42 Å². The number of carbonyl (C=O) groups is 2. The predicted molar refractivity (Wildman–Crippen MR) is 94.9 cm³/mol. The molecule has 1 aliphatic heterocycles. The molecule has 0 unspecified atom stereocenters. The first-order valence-electron chi connectivity index (χ1n) is 7.77. The summed E-state index contributed by atoms with van der Waals surface area (Å²) in [5.74, 6) is -0.453. The maximum atomic E-state index is 12.5. The standard InChI is InChI=1S/C18H20N4O2/c1-21(2)14-8-10-15(11-9-14)22-17(23)12-16(18(22)24)20-19-13-6-4-3-5-7-13/h3-11,16,19-20H,12H2,1-2H3/t16-/m0/s1. The van der Waals surface area contributed by atoms with Crippen molar-refractivity contribution in [1.29, 1.82) is 0 Å². The number of rotatable bonds is 5. The van der Waals surface area contributed by atoms with Crippen molar-refractivity contribution in [3.05, 3.63) is 54.6 Å². The third-order valence-electron chi connectivity index (χ3n) is 3.94. The first kappa shape index (κ1) is 16.0. The van der Waals surface area contributed by atoms with Gasteiger partial charge in [0, 0.05) is 25.5 Å². The summed E-state index contributed by atoms with van der Waals surface area (Å²) in [5, 5.41) is 0. The van der Waals surface area contributed by atoms with Gasteiger partial charge < -0.3 is 10.3 Å². The van der Waals surface area contributed by atoms with Crippen molar-refractivity contribution in [1.82, 2.24) is 5.43 Å². The third-order valence-corrected chi connectivity index (χ3v) is 3.94. The van der Waals surface area contributed by atoms with Gasteiger partial charge in [-0.2, -0.15) is 0 Å². The van der Waals surface area contributed by atoms with Crippen molar-refractivity contribution in [2.24, 2.45) is 0 Å². The van der Waals surface area contributed by atoms with Crippen molar-refractivity contribution < 1.29 is 9.59 Å². The summed E-state index contributed by atoms with van der Waals surface area (Å²) in [6.45, 7) is 0. The van der Waals surface area contributed by atoms with Gasteiger partial charge in [-0.05, 0) is 36.4 Å². The Morgan fingerprint density at radius 1 is 1.00 bits per heavy atom. The molecule has 0 spiro atoms.